The minimum atomic E-state index is -1.51. The number of hydrogen-bond acceptors (Lipinski definition) is 5. The van der Waals surface area contributed by atoms with E-state index in [9.17, 15) is 9.59 Å². The van der Waals surface area contributed by atoms with Crippen molar-refractivity contribution >= 4 is 23.5 Å². The molecule has 0 fully saturated rings. The second-order valence-electron chi connectivity index (χ2n) is 4.48. The Hall–Kier alpha value is -1.73. The summed E-state index contributed by atoms with van der Waals surface area (Å²) in [6.07, 6.45) is -0.256. The topological polar surface area (TPSA) is 112 Å². The van der Waals surface area contributed by atoms with E-state index in [0.29, 0.717) is 5.82 Å². The lowest BCUT2D eigenvalue weighted by atomic mass is 10.2. The van der Waals surface area contributed by atoms with Crippen LogP contribution < -0.4 is 5.32 Å². The van der Waals surface area contributed by atoms with Crippen molar-refractivity contribution in [1.82, 2.24) is 15.3 Å². The van der Waals surface area contributed by atoms with Crippen LogP contribution >= 0.6 is 11.6 Å². The number of rotatable bonds is 6. The smallest absolute Gasteiger partial charge is 0.332 e. The summed E-state index contributed by atoms with van der Waals surface area (Å²) in [6.45, 7) is 3.77. The lowest BCUT2D eigenvalue weighted by Gasteiger charge is -2.09. The molecule has 7 nitrogen and oxygen atoms in total. The zero-order valence-corrected chi connectivity index (χ0v) is 11.9. The van der Waals surface area contributed by atoms with Gasteiger partial charge >= 0.3 is 5.97 Å². The van der Waals surface area contributed by atoms with Gasteiger partial charge in [-0.3, -0.25) is 4.79 Å². The molecule has 0 saturated heterocycles. The highest BCUT2D eigenvalue weighted by Crippen LogP contribution is 2.16. The third-order valence-electron chi connectivity index (χ3n) is 2.48. The molecule has 3 N–H and O–H groups in total. The SMILES string of the molecule is CC(C)c1ncc(Cl)c(C(=O)NCC[C@H](O)C(=O)O)n1. The predicted octanol–water partition coefficient (Wildman–Crippen LogP) is 0.819. The van der Waals surface area contributed by atoms with E-state index in [2.05, 4.69) is 15.3 Å². The molecule has 0 aliphatic rings. The molecule has 0 aromatic carbocycles. The Balaban J connectivity index is 2.68. The van der Waals surface area contributed by atoms with E-state index in [1.165, 1.54) is 6.20 Å². The third kappa shape index (κ3) is 4.43. The lowest BCUT2D eigenvalue weighted by molar-refractivity contribution is -0.146. The predicted molar refractivity (Wildman–Crippen MR) is 71.7 cm³/mol. The molecular weight excluding hydrogens is 286 g/mol. The standard InChI is InChI=1S/C12H16ClN3O4/c1-6(2)10-15-5-7(13)9(16-10)11(18)14-4-3-8(17)12(19)20/h5-6,8,17H,3-4H2,1-2H3,(H,14,18)(H,19,20)/t8-/m0/s1. The quantitative estimate of drug-likeness (QED) is 0.717. The molecule has 0 unspecified atom stereocenters. The summed E-state index contributed by atoms with van der Waals surface area (Å²) in [4.78, 5) is 30.4. The second-order valence-corrected chi connectivity index (χ2v) is 4.89. The zero-order chi connectivity index (χ0) is 15.3. The van der Waals surface area contributed by atoms with Crippen LogP contribution in [0.2, 0.25) is 5.02 Å². The van der Waals surface area contributed by atoms with Gasteiger partial charge in [-0.15, -0.1) is 0 Å². The number of nitrogens with one attached hydrogen (secondary N) is 1. The first kappa shape index (κ1) is 16.3. The van der Waals surface area contributed by atoms with Crippen LogP contribution in [0.15, 0.2) is 6.20 Å². The molecule has 0 aliphatic carbocycles. The normalized spacial score (nSPS) is 12.2. The van der Waals surface area contributed by atoms with E-state index in [4.69, 9.17) is 21.8 Å². The van der Waals surface area contributed by atoms with Gasteiger partial charge in [-0.1, -0.05) is 25.4 Å². The number of aliphatic hydroxyl groups excluding tert-OH is 1. The summed E-state index contributed by atoms with van der Waals surface area (Å²) >= 11 is 5.86. The Kier molecular flexibility index (Phi) is 5.84. The molecule has 1 aromatic rings. The van der Waals surface area contributed by atoms with Crippen molar-refractivity contribution < 1.29 is 19.8 Å². The molecule has 0 bridgehead atoms. The molecule has 8 heteroatoms. The Labute approximate surface area is 121 Å². The Morgan fingerprint density at radius 2 is 2.10 bits per heavy atom. The summed E-state index contributed by atoms with van der Waals surface area (Å²) in [6, 6.07) is 0. The Morgan fingerprint density at radius 3 is 2.65 bits per heavy atom. The van der Waals surface area contributed by atoms with Crippen LogP contribution in [0.4, 0.5) is 0 Å². The van der Waals surface area contributed by atoms with E-state index >= 15 is 0 Å². The van der Waals surface area contributed by atoms with Crippen molar-refractivity contribution in [3.8, 4) is 0 Å². The highest BCUT2D eigenvalue weighted by Gasteiger charge is 2.17. The number of nitrogens with zero attached hydrogens (tertiary/aromatic N) is 2. The number of carbonyl (C=O) groups is 2. The van der Waals surface area contributed by atoms with Gasteiger partial charge in [-0.05, 0) is 0 Å². The van der Waals surface area contributed by atoms with E-state index < -0.39 is 18.0 Å². The van der Waals surface area contributed by atoms with Crippen LogP contribution in [0.5, 0.6) is 0 Å². The maximum Gasteiger partial charge on any atom is 0.332 e. The number of halogens is 1. The first-order chi connectivity index (χ1) is 9.32. The van der Waals surface area contributed by atoms with Crippen LogP contribution in [0.1, 0.15) is 42.5 Å². The summed E-state index contributed by atoms with van der Waals surface area (Å²) in [5.74, 6) is -1.32. The highest BCUT2D eigenvalue weighted by molar-refractivity contribution is 6.33. The largest absolute Gasteiger partial charge is 0.479 e. The van der Waals surface area contributed by atoms with Gasteiger partial charge in [0.15, 0.2) is 6.10 Å². The van der Waals surface area contributed by atoms with Crippen LogP contribution in [0.25, 0.3) is 0 Å². The number of aliphatic carboxylic acids is 1. The Bertz CT molecular complexity index is 507. The molecule has 0 aliphatic heterocycles. The van der Waals surface area contributed by atoms with Crippen molar-refractivity contribution in [3.05, 3.63) is 22.7 Å². The van der Waals surface area contributed by atoms with Crippen LogP contribution in [0, 0.1) is 0 Å². The molecular formula is C12H16ClN3O4. The van der Waals surface area contributed by atoms with Crippen molar-refractivity contribution in [1.29, 1.82) is 0 Å². The number of carbonyl (C=O) groups excluding carboxylic acids is 1. The van der Waals surface area contributed by atoms with Crippen molar-refractivity contribution in [3.63, 3.8) is 0 Å². The maximum absolute atomic E-state index is 11.9. The van der Waals surface area contributed by atoms with Gasteiger partial charge in [-0.2, -0.15) is 0 Å². The fourth-order valence-corrected chi connectivity index (χ4v) is 1.52. The van der Waals surface area contributed by atoms with Crippen molar-refractivity contribution in [2.75, 3.05) is 6.54 Å². The molecule has 0 radical (unpaired) electrons. The van der Waals surface area contributed by atoms with Gasteiger partial charge in [-0.25, -0.2) is 14.8 Å². The summed E-state index contributed by atoms with van der Waals surface area (Å²) < 4.78 is 0. The van der Waals surface area contributed by atoms with Crippen LogP contribution in [-0.2, 0) is 4.79 Å². The minimum absolute atomic E-state index is 0.00361. The number of aromatic nitrogens is 2. The molecule has 1 aromatic heterocycles. The number of carboxylic acids is 1. The van der Waals surface area contributed by atoms with Crippen LogP contribution in [0.3, 0.4) is 0 Å². The molecule has 0 spiro atoms. The van der Waals surface area contributed by atoms with Gasteiger partial charge in [0.05, 0.1) is 11.2 Å². The maximum atomic E-state index is 11.9. The molecule has 1 atom stereocenters. The molecule has 1 amide bonds. The average molecular weight is 302 g/mol. The van der Waals surface area contributed by atoms with E-state index in [-0.39, 0.29) is 29.6 Å². The van der Waals surface area contributed by atoms with E-state index in [1.54, 1.807) is 0 Å². The summed E-state index contributed by atoms with van der Waals surface area (Å²) in [5, 5.41) is 20.2. The molecule has 0 saturated carbocycles. The highest BCUT2D eigenvalue weighted by atomic mass is 35.5. The number of carboxylic acid groups (broad SMARTS) is 1. The first-order valence-electron chi connectivity index (χ1n) is 6.04. The van der Waals surface area contributed by atoms with Crippen molar-refractivity contribution in [2.24, 2.45) is 0 Å². The first-order valence-corrected chi connectivity index (χ1v) is 6.42. The molecule has 1 rings (SSSR count). The van der Waals surface area contributed by atoms with E-state index in [1.807, 2.05) is 13.8 Å². The van der Waals surface area contributed by atoms with Crippen molar-refractivity contribution in [2.45, 2.75) is 32.3 Å². The number of amides is 1. The minimum Gasteiger partial charge on any atom is -0.479 e. The van der Waals surface area contributed by atoms with Crippen LogP contribution in [-0.4, -0.2) is 44.7 Å². The fraction of sp³-hybridized carbons (Fsp3) is 0.500. The Morgan fingerprint density at radius 1 is 1.45 bits per heavy atom. The molecule has 20 heavy (non-hydrogen) atoms. The molecule has 110 valence electrons. The van der Waals surface area contributed by atoms with Gasteiger partial charge < -0.3 is 15.5 Å². The van der Waals surface area contributed by atoms with E-state index in [0.717, 1.165) is 0 Å². The number of hydrogen-bond donors (Lipinski definition) is 3. The van der Waals surface area contributed by atoms with Gasteiger partial charge in [0.25, 0.3) is 5.91 Å². The monoisotopic (exact) mass is 301 g/mol. The third-order valence-corrected chi connectivity index (χ3v) is 2.76. The molecule has 1 heterocycles. The fourth-order valence-electron chi connectivity index (χ4n) is 1.35. The lowest BCUT2D eigenvalue weighted by Crippen LogP contribution is -2.31. The number of aliphatic hydroxyl groups is 1. The summed E-state index contributed by atoms with van der Waals surface area (Å²) in [5.41, 5.74) is 0.0372. The summed E-state index contributed by atoms with van der Waals surface area (Å²) in [7, 11) is 0. The average Bonchev–Trinajstić information content (AvgIpc) is 2.38. The van der Waals surface area contributed by atoms with Gasteiger partial charge in [0.2, 0.25) is 0 Å². The van der Waals surface area contributed by atoms with Gasteiger partial charge in [0, 0.05) is 18.9 Å². The van der Waals surface area contributed by atoms with Gasteiger partial charge in [0.1, 0.15) is 11.5 Å². The second kappa shape index (κ2) is 7.16. The zero-order valence-electron chi connectivity index (χ0n) is 11.1.